The molecular formula is C29H39F3N6O4S. The quantitative estimate of drug-likeness (QED) is 0.361. The largest absolute Gasteiger partial charge is 0.495 e. The Labute approximate surface area is 250 Å². The highest BCUT2D eigenvalue weighted by atomic mass is 32.2. The lowest BCUT2D eigenvalue weighted by Crippen LogP contribution is -2.43. The molecule has 43 heavy (non-hydrogen) atoms. The van der Waals surface area contributed by atoms with Gasteiger partial charge in [-0.1, -0.05) is 6.42 Å². The van der Waals surface area contributed by atoms with Gasteiger partial charge in [0.05, 0.1) is 30.3 Å². The lowest BCUT2D eigenvalue weighted by molar-refractivity contribution is -0.138. The molecular weight excluding hydrogens is 585 g/mol. The second kappa shape index (κ2) is 12.2. The van der Waals surface area contributed by atoms with Gasteiger partial charge in [-0.3, -0.25) is 4.79 Å². The molecule has 5 rings (SSSR count). The Hall–Kier alpha value is -2.97. The number of rotatable bonds is 10. The van der Waals surface area contributed by atoms with Crippen LogP contribution in [0.5, 0.6) is 5.75 Å². The minimum atomic E-state index is -4.62. The van der Waals surface area contributed by atoms with Gasteiger partial charge in [-0.2, -0.15) is 13.2 Å². The van der Waals surface area contributed by atoms with E-state index >= 15 is 0 Å². The van der Waals surface area contributed by atoms with Crippen molar-refractivity contribution in [1.82, 2.24) is 24.9 Å². The number of halogens is 3. The normalized spacial score (nSPS) is 24.7. The average molecular weight is 625 g/mol. The number of anilines is 2. The highest BCUT2D eigenvalue weighted by molar-refractivity contribution is 7.88. The topological polar surface area (TPSA) is 126 Å². The van der Waals surface area contributed by atoms with Gasteiger partial charge in [-0.25, -0.2) is 23.1 Å². The van der Waals surface area contributed by atoms with Crippen LogP contribution in [0.15, 0.2) is 24.4 Å². The van der Waals surface area contributed by atoms with E-state index in [1.807, 2.05) is 7.05 Å². The van der Waals surface area contributed by atoms with Crippen molar-refractivity contribution in [3.05, 3.63) is 41.2 Å². The molecule has 3 aliphatic rings. The molecule has 236 valence electrons. The number of likely N-dealkylation sites (tertiary alicyclic amines) is 1. The highest BCUT2D eigenvalue weighted by Gasteiger charge is 2.60. The summed E-state index contributed by atoms with van der Waals surface area (Å²) in [6.45, 7) is 1.82. The SMILES string of the molecule is COc1cc(C(=O)NC2CCN(C)CC2)ccc1Nc1ncc(C(F)(F)F)c(CC[C@H]2C[C@@]23CCC[C@H]3NS(C)(=O)=O)n1. The van der Waals surface area contributed by atoms with Crippen LogP contribution < -0.4 is 20.1 Å². The van der Waals surface area contributed by atoms with Crippen LogP contribution in [0.2, 0.25) is 0 Å². The van der Waals surface area contributed by atoms with Crippen molar-refractivity contribution in [3.8, 4) is 5.75 Å². The summed E-state index contributed by atoms with van der Waals surface area (Å²) in [5, 5.41) is 6.01. The number of benzene rings is 1. The van der Waals surface area contributed by atoms with Crippen LogP contribution in [0.1, 0.15) is 66.6 Å². The molecule has 2 aromatic rings. The van der Waals surface area contributed by atoms with Gasteiger partial charge < -0.3 is 20.3 Å². The van der Waals surface area contributed by atoms with Crippen LogP contribution in [-0.2, 0) is 22.6 Å². The minimum absolute atomic E-state index is 0.0205. The minimum Gasteiger partial charge on any atom is -0.495 e. The molecule has 1 amide bonds. The first-order valence-electron chi connectivity index (χ1n) is 14.6. The number of sulfonamides is 1. The molecule has 3 atom stereocenters. The van der Waals surface area contributed by atoms with E-state index in [0.29, 0.717) is 23.4 Å². The lowest BCUT2D eigenvalue weighted by atomic mass is 9.95. The number of amides is 1. The summed E-state index contributed by atoms with van der Waals surface area (Å²) in [6, 6.07) is 4.72. The number of methoxy groups -OCH3 is 1. The van der Waals surface area contributed by atoms with Crippen molar-refractivity contribution < 1.29 is 31.1 Å². The van der Waals surface area contributed by atoms with Crippen molar-refractivity contribution in [3.63, 3.8) is 0 Å². The van der Waals surface area contributed by atoms with Gasteiger partial charge in [0, 0.05) is 23.8 Å². The second-order valence-electron chi connectivity index (χ2n) is 12.2. The van der Waals surface area contributed by atoms with Gasteiger partial charge >= 0.3 is 6.18 Å². The number of nitrogens with zero attached hydrogens (tertiary/aromatic N) is 3. The molecule has 2 aliphatic carbocycles. The predicted octanol–water partition coefficient (Wildman–Crippen LogP) is 4.11. The standard InChI is InChI=1S/C29H39F3N6O4S/c1-38-13-10-20(11-14-38)34-26(39)18-6-8-23(24(15-18)42-2)36-27-33-17-21(29(30,31)32)22(35-27)9-7-19-16-28(19)12-4-5-25(28)37-43(3,40)41/h6,8,15,17,19-20,25,37H,4-5,7,9-14,16H2,1-3H3,(H,34,39)(H,33,35,36)/t19-,25+,28-/m0/s1. The molecule has 1 aliphatic heterocycles. The van der Waals surface area contributed by atoms with Gasteiger partial charge in [-0.05, 0) is 94.6 Å². The van der Waals surface area contributed by atoms with Gasteiger partial charge in [0.25, 0.3) is 5.91 Å². The third-order valence-corrected chi connectivity index (χ3v) is 9.84. The van der Waals surface area contributed by atoms with Gasteiger partial charge in [0.2, 0.25) is 16.0 Å². The molecule has 14 heteroatoms. The van der Waals surface area contributed by atoms with Crippen molar-refractivity contribution in [2.24, 2.45) is 11.3 Å². The molecule has 3 fully saturated rings. The zero-order valence-corrected chi connectivity index (χ0v) is 25.4. The summed E-state index contributed by atoms with van der Waals surface area (Å²) in [6.07, 6.45) is 2.85. The van der Waals surface area contributed by atoms with Crippen LogP contribution >= 0.6 is 0 Å². The van der Waals surface area contributed by atoms with Gasteiger partial charge in [-0.15, -0.1) is 0 Å². The van der Waals surface area contributed by atoms with Gasteiger partial charge in [0.1, 0.15) is 5.75 Å². The molecule has 1 aromatic heterocycles. The molecule has 1 spiro atoms. The molecule has 0 bridgehead atoms. The monoisotopic (exact) mass is 624 g/mol. The third kappa shape index (κ3) is 7.40. The fourth-order valence-corrected chi connectivity index (χ4v) is 7.62. The maximum absolute atomic E-state index is 13.9. The predicted molar refractivity (Wildman–Crippen MR) is 156 cm³/mol. The Morgan fingerprint density at radius 1 is 1.21 bits per heavy atom. The van der Waals surface area contributed by atoms with E-state index in [9.17, 15) is 26.4 Å². The van der Waals surface area contributed by atoms with E-state index in [1.165, 1.54) is 7.11 Å². The number of aryl methyl sites for hydroxylation is 1. The molecule has 10 nitrogen and oxygen atoms in total. The number of piperidine rings is 1. The summed E-state index contributed by atoms with van der Waals surface area (Å²) < 4.78 is 73.5. The summed E-state index contributed by atoms with van der Waals surface area (Å²) >= 11 is 0. The molecule has 2 saturated carbocycles. The summed E-state index contributed by atoms with van der Waals surface area (Å²) in [4.78, 5) is 23.2. The van der Waals surface area contributed by atoms with E-state index in [2.05, 4.69) is 30.2 Å². The number of ether oxygens (including phenoxy) is 1. The number of nitrogens with one attached hydrogen (secondary N) is 3. The van der Waals surface area contributed by atoms with E-state index in [4.69, 9.17) is 4.74 Å². The number of carbonyl (C=O) groups is 1. The molecule has 0 unspecified atom stereocenters. The number of hydrogen-bond donors (Lipinski definition) is 3. The van der Waals surface area contributed by atoms with E-state index < -0.39 is 21.8 Å². The smallest absolute Gasteiger partial charge is 0.419 e. The zero-order chi connectivity index (χ0) is 31.0. The maximum Gasteiger partial charge on any atom is 0.419 e. The Balaban J connectivity index is 1.28. The first-order chi connectivity index (χ1) is 20.3. The first kappa shape index (κ1) is 31.5. The Morgan fingerprint density at radius 3 is 2.63 bits per heavy atom. The fourth-order valence-electron chi connectivity index (χ4n) is 6.75. The fraction of sp³-hybridized carbons (Fsp3) is 0.621. The van der Waals surface area contributed by atoms with Crippen LogP contribution in [0.25, 0.3) is 0 Å². The number of hydrogen-bond acceptors (Lipinski definition) is 8. The molecule has 1 saturated heterocycles. The average Bonchev–Trinajstić information content (AvgIpc) is 3.51. The molecule has 2 heterocycles. The first-order valence-corrected chi connectivity index (χ1v) is 16.5. The zero-order valence-electron chi connectivity index (χ0n) is 24.6. The van der Waals surface area contributed by atoms with E-state index in [1.54, 1.807) is 18.2 Å². The maximum atomic E-state index is 13.9. The Kier molecular flexibility index (Phi) is 8.92. The van der Waals surface area contributed by atoms with Crippen molar-refractivity contribution in [2.45, 2.75) is 69.6 Å². The Bertz CT molecular complexity index is 1450. The van der Waals surface area contributed by atoms with Crippen LogP contribution in [0.3, 0.4) is 0 Å². The van der Waals surface area contributed by atoms with Crippen molar-refractivity contribution in [1.29, 1.82) is 0 Å². The summed E-state index contributed by atoms with van der Waals surface area (Å²) in [5.74, 6) is 0.205. The van der Waals surface area contributed by atoms with Crippen molar-refractivity contribution >= 4 is 27.6 Å². The lowest BCUT2D eigenvalue weighted by Gasteiger charge is -2.29. The van der Waals surface area contributed by atoms with Crippen LogP contribution in [-0.4, -0.2) is 74.8 Å². The van der Waals surface area contributed by atoms with Crippen molar-refractivity contribution in [2.75, 3.05) is 38.8 Å². The number of aromatic nitrogens is 2. The number of carbonyl (C=O) groups excluding carboxylic acids is 1. The van der Waals surface area contributed by atoms with Gasteiger partial charge in [0.15, 0.2) is 0 Å². The highest BCUT2D eigenvalue weighted by Crippen LogP contribution is 2.64. The Morgan fingerprint density at radius 2 is 1.95 bits per heavy atom. The van der Waals surface area contributed by atoms with E-state index in [0.717, 1.165) is 64.1 Å². The molecule has 1 aromatic carbocycles. The van der Waals surface area contributed by atoms with Crippen LogP contribution in [0.4, 0.5) is 24.8 Å². The summed E-state index contributed by atoms with van der Waals surface area (Å²) in [5.41, 5.74) is -0.386. The molecule has 3 N–H and O–H groups in total. The van der Waals surface area contributed by atoms with E-state index in [-0.39, 0.29) is 47.4 Å². The number of alkyl halides is 3. The third-order valence-electron chi connectivity index (χ3n) is 9.13. The second-order valence-corrected chi connectivity index (χ2v) is 13.9. The summed E-state index contributed by atoms with van der Waals surface area (Å²) in [7, 11) is 0.117. The van der Waals surface area contributed by atoms with Crippen LogP contribution in [0, 0.1) is 11.3 Å². The molecule has 0 radical (unpaired) electrons.